The van der Waals surface area contributed by atoms with Crippen LogP contribution in [0.4, 0.5) is 0 Å². The molecule has 0 fully saturated rings. The molecule has 0 atom stereocenters. The molecule has 0 bridgehead atoms. The Morgan fingerprint density at radius 3 is 1.58 bits per heavy atom. The van der Waals surface area contributed by atoms with Gasteiger partial charge in [0.15, 0.2) is 0 Å². The van der Waals surface area contributed by atoms with Crippen molar-refractivity contribution in [3.05, 3.63) is 169 Å². The average molecular weight is 588 g/mol. The van der Waals surface area contributed by atoms with E-state index >= 15 is 0 Å². The van der Waals surface area contributed by atoms with E-state index in [1.807, 2.05) is 0 Å². The van der Waals surface area contributed by atoms with Gasteiger partial charge in [0.05, 0.1) is 20.6 Å². The van der Waals surface area contributed by atoms with Crippen molar-refractivity contribution in [2.75, 3.05) is 0 Å². The summed E-state index contributed by atoms with van der Waals surface area (Å²) in [6.45, 7) is 0. The lowest BCUT2D eigenvalue weighted by atomic mass is 9.85. The molecule has 0 spiro atoms. The van der Waals surface area contributed by atoms with Gasteiger partial charge in [-0.05, 0) is 96.3 Å². The Labute approximate surface area is 282 Å². The van der Waals surface area contributed by atoms with Crippen LogP contribution in [0.1, 0.15) is 20.6 Å². The Morgan fingerprint density at radius 2 is 0.889 bits per heavy atom. The number of fused-ring (bicyclic) bond motifs is 5. The van der Waals surface area contributed by atoms with Crippen LogP contribution >= 0.6 is 0 Å². The van der Waals surface area contributed by atoms with Crippen LogP contribution in [0.15, 0.2) is 174 Å². The molecule has 9 aromatic rings. The predicted molar refractivity (Wildman–Crippen MR) is 190 cm³/mol. The summed E-state index contributed by atoms with van der Waals surface area (Å²) in [4.78, 5) is 0. The van der Waals surface area contributed by atoms with E-state index in [9.17, 15) is 5.48 Å². The van der Waals surface area contributed by atoms with Gasteiger partial charge >= 0.3 is 0 Å². The average Bonchev–Trinajstić information content (AvgIpc) is 3.67. The highest BCUT2D eigenvalue weighted by atomic mass is 16.3. The normalized spacial score (nSPS) is 16.2. The first-order valence-corrected chi connectivity index (χ1v) is 14.2. The van der Waals surface area contributed by atoms with Crippen LogP contribution in [0.25, 0.3) is 88.0 Å². The van der Waals surface area contributed by atoms with Crippen LogP contribution in [0.3, 0.4) is 0 Å². The molecule has 1 nitrogen and oxygen atoms in total. The van der Waals surface area contributed by atoms with Gasteiger partial charge in [-0.15, -0.1) is 0 Å². The highest BCUT2D eigenvalue weighted by Crippen LogP contribution is 2.45. The van der Waals surface area contributed by atoms with Crippen LogP contribution in [0, 0.1) is 0 Å². The second-order valence-electron chi connectivity index (χ2n) is 10.5. The van der Waals surface area contributed by atoms with Gasteiger partial charge in [0.1, 0.15) is 11.2 Å². The van der Waals surface area contributed by atoms with E-state index in [1.54, 1.807) is 78.9 Å². The van der Waals surface area contributed by atoms with Gasteiger partial charge in [-0.1, -0.05) is 139 Å². The van der Waals surface area contributed by atoms with E-state index in [0.717, 1.165) is 0 Å². The van der Waals surface area contributed by atoms with Crippen molar-refractivity contribution < 1.29 is 25.0 Å². The molecule has 1 aromatic heterocycles. The smallest absolute Gasteiger partial charge is 0.136 e. The van der Waals surface area contributed by atoms with Crippen molar-refractivity contribution >= 4 is 43.5 Å². The maximum Gasteiger partial charge on any atom is 0.136 e. The number of hydrogen-bond donors (Lipinski definition) is 0. The van der Waals surface area contributed by atoms with Gasteiger partial charge in [0, 0.05) is 10.8 Å². The monoisotopic (exact) mass is 587 g/mol. The lowest BCUT2D eigenvalue weighted by molar-refractivity contribution is 0.669. The molecule has 0 aliphatic carbocycles. The van der Waals surface area contributed by atoms with Crippen molar-refractivity contribution in [3.63, 3.8) is 0 Å². The zero-order valence-electron chi connectivity index (χ0n) is 38.4. The molecule has 0 amide bonds. The van der Waals surface area contributed by atoms with Crippen molar-refractivity contribution in [1.29, 1.82) is 0 Å². The van der Waals surface area contributed by atoms with Gasteiger partial charge in [0.2, 0.25) is 0 Å². The fourth-order valence-corrected chi connectivity index (χ4v) is 5.90. The van der Waals surface area contributed by atoms with E-state index < -0.39 is 71.6 Å². The SMILES string of the molecule is [2H]c1c([2H])c([2H])c(-c2c([2H])c([2H])c3c(oc4c([2H])c([2H])c(-c5c6ccccc6c(-c6c([2H])c([2H])c([2H])c(-c7ccccc7)c6[2H])c6ccccc56)c([2H])c43)c2[2H])c([2H])c1[2H]. The molecule has 0 radical (unpaired) electrons. The highest BCUT2D eigenvalue weighted by molar-refractivity contribution is 6.22. The summed E-state index contributed by atoms with van der Waals surface area (Å²) in [5, 5.41) is 1.62. The molecular formula is C44H28O. The minimum atomic E-state index is -0.694. The van der Waals surface area contributed by atoms with E-state index in [0.29, 0.717) is 38.2 Å². The molecule has 0 unspecified atom stereocenters. The van der Waals surface area contributed by atoms with Crippen LogP contribution in [0.2, 0.25) is 0 Å². The Balaban J connectivity index is 1.40. The lowest BCUT2D eigenvalue weighted by Crippen LogP contribution is -1.91. The first kappa shape index (κ1) is 14.7. The molecule has 0 saturated carbocycles. The fourth-order valence-electron chi connectivity index (χ4n) is 5.90. The Morgan fingerprint density at radius 1 is 0.333 bits per heavy atom. The number of furan rings is 1. The number of rotatable bonds is 4. The highest BCUT2D eigenvalue weighted by Gasteiger charge is 2.18. The first-order valence-electron chi connectivity index (χ1n) is 21.7. The van der Waals surface area contributed by atoms with E-state index in [-0.39, 0.29) is 68.8 Å². The summed E-state index contributed by atoms with van der Waals surface area (Å²) in [5.74, 6) is 0. The molecule has 45 heavy (non-hydrogen) atoms. The Bertz CT molecular complexity index is 3290. The van der Waals surface area contributed by atoms with Gasteiger partial charge in [0.25, 0.3) is 0 Å². The lowest BCUT2D eigenvalue weighted by Gasteiger charge is -2.18. The fraction of sp³-hybridized carbons (Fsp3) is 0. The van der Waals surface area contributed by atoms with E-state index in [4.69, 9.17) is 19.5 Å². The summed E-state index contributed by atoms with van der Waals surface area (Å²) in [7, 11) is 0. The Kier molecular flexibility index (Phi) is 3.39. The topological polar surface area (TPSA) is 13.1 Å². The van der Waals surface area contributed by atoms with Gasteiger partial charge in [-0.2, -0.15) is 0 Å². The van der Waals surface area contributed by atoms with Crippen LogP contribution < -0.4 is 0 Å². The minimum absolute atomic E-state index is 0.0360. The Hall–Kier alpha value is -5.92. The van der Waals surface area contributed by atoms with E-state index in [2.05, 4.69) is 0 Å². The molecule has 0 aliphatic heterocycles. The van der Waals surface area contributed by atoms with Crippen molar-refractivity contribution in [2.45, 2.75) is 0 Å². The molecule has 9 rings (SSSR count). The third-order valence-corrected chi connectivity index (χ3v) is 7.88. The molecule has 210 valence electrons. The molecular weight excluding hydrogens is 544 g/mol. The third-order valence-electron chi connectivity index (χ3n) is 7.88. The van der Waals surface area contributed by atoms with Crippen LogP contribution in [-0.2, 0) is 0 Å². The van der Waals surface area contributed by atoms with Crippen LogP contribution in [0.5, 0.6) is 0 Å². The summed E-state index contributed by atoms with van der Waals surface area (Å²) in [6.07, 6.45) is 0. The van der Waals surface area contributed by atoms with Gasteiger partial charge in [-0.3, -0.25) is 0 Å². The van der Waals surface area contributed by atoms with E-state index in [1.165, 1.54) is 0 Å². The summed E-state index contributed by atoms with van der Waals surface area (Å²) >= 11 is 0. The predicted octanol–water partition coefficient (Wildman–Crippen LogP) is 12.6. The summed E-state index contributed by atoms with van der Waals surface area (Å²) < 4.78 is 139. The molecule has 1 heteroatoms. The molecule has 0 N–H and O–H groups in total. The summed E-state index contributed by atoms with van der Waals surface area (Å²) in [5.41, 5.74) is -0.0213. The number of hydrogen-bond acceptors (Lipinski definition) is 1. The molecule has 8 aromatic carbocycles. The second-order valence-corrected chi connectivity index (χ2v) is 10.5. The molecule has 0 saturated heterocycles. The second kappa shape index (κ2) is 10.4. The van der Waals surface area contributed by atoms with Crippen LogP contribution in [-0.4, -0.2) is 0 Å². The maximum atomic E-state index is 9.72. The quantitative estimate of drug-likeness (QED) is 0.187. The summed E-state index contributed by atoms with van der Waals surface area (Å²) in [6, 6.07) is 15.3. The minimum Gasteiger partial charge on any atom is -0.456 e. The molecule has 1 heterocycles. The first-order chi connectivity index (χ1) is 28.6. The molecule has 0 aliphatic rings. The zero-order chi connectivity index (χ0) is 42.8. The standard InChI is InChI=1S/C44H28O/c1-3-12-29(13-4-1)31-16-11-17-33(26-31)43-36-18-7-9-20-38(36)44(39-21-10-8-19-37(39)43)34-23-25-41-40(27-34)35-24-22-32(28-42(35)45-41)30-14-5-2-6-15-30/h1-28H/i2D,5D,6D,11D,14D,15D,16D,17D,22D,23D,24D,25D,26D,27D,28D. The third kappa shape index (κ3) is 4.24. The van der Waals surface area contributed by atoms with Crippen molar-refractivity contribution in [2.24, 2.45) is 0 Å². The van der Waals surface area contributed by atoms with Crippen molar-refractivity contribution in [3.8, 4) is 44.5 Å². The van der Waals surface area contributed by atoms with Gasteiger partial charge in [-0.25, -0.2) is 0 Å². The maximum absolute atomic E-state index is 9.72. The largest absolute Gasteiger partial charge is 0.456 e. The number of benzene rings is 8. The van der Waals surface area contributed by atoms with Crippen molar-refractivity contribution in [1.82, 2.24) is 0 Å². The van der Waals surface area contributed by atoms with Gasteiger partial charge < -0.3 is 4.42 Å². The zero-order valence-corrected chi connectivity index (χ0v) is 23.4.